The third-order valence-electron chi connectivity index (χ3n) is 6.35. The zero-order valence-electron chi connectivity index (χ0n) is 18.6. The van der Waals surface area contributed by atoms with Crippen molar-refractivity contribution in [3.63, 3.8) is 0 Å². The molecule has 0 aromatic heterocycles. The summed E-state index contributed by atoms with van der Waals surface area (Å²) in [6, 6.07) is 13.5. The van der Waals surface area contributed by atoms with Crippen molar-refractivity contribution < 1.29 is 14.3 Å². The first kappa shape index (κ1) is 21.4. The molecule has 2 aliphatic rings. The third-order valence-corrected chi connectivity index (χ3v) is 6.35. The van der Waals surface area contributed by atoms with Crippen molar-refractivity contribution in [2.75, 3.05) is 32.8 Å². The number of ether oxygens (including phenoxy) is 1. The van der Waals surface area contributed by atoms with Crippen LogP contribution in [0, 0.1) is 19.8 Å². The molecule has 164 valence electrons. The van der Waals surface area contributed by atoms with Crippen LogP contribution in [0.3, 0.4) is 0 Å². The molecule has 5 heteroatoms. The number of benzene rings is 2. The fourth-order valence-electron chi connectivity index (χ4n) is 4.59. The standard InChI is InChI=1S/C26H32N2O3/c1-19-15-20(2)17-23(16-19)26(30)28-13-9-21(10-14-28)18-31-24-7-5-22(6-8-24)25(29)27-11-3-4-12-27/h5-8,15-17,21H,3-4,9-14,18H2,1-2H3. The van der Waals surface area contributed by atoms with Crippen LogP contribution in [0.2, 0.25) is 0 Å². The molecule has 0 atom stereocenters. The van der Waals surface area contributed by atoms with Crippen LogP contribution in [0.4, 0.5) is 0 Å². The maximum Gasteiger partial charge on any atom is 0.253 e. The zero-order chi connectivity index (χ0) is 21.8. The largest absolute Gasteiger partial charge is 0.493 e. The molecule has 2 amide bonds. The van der Waals surface area contributed by atoms with E-state index in [0.29, 0.717) is 12.5 Å². The average molecular weight is 421 g/mol. The van der Waals surface area contributed by atoms with Gasteiger partial charge in [0.1, 0.15) is 5.75 Å². The molecule has 2 aliphatic heterocycles. The van der Waals surface area contributed by atoms with Gasteiger partial charge in [0.05, 0.1) is 6.61 Å². The van der Waals surface area contributed by atoms with E-state index in [1.165, 1.54) is 0 Å². The quantitative estimate of drug-likeness (QED) is 0.717. The predicted molar refractivity (Wildman–Crippen MR) is 122 cm³/mol. The Kier molecular flexibility index (Phi) is 6.59. The Labute approximate surface area is 185 Å². The molecule has 0 unspecified atom stereocenters. The van der Waals surface area contributed by atoms with Crippen LogP contribution >= 0.6 is 0 Å². The number of piperidine rings is 1. The van der Waals surface area contributed by atoms with Gasteiger partial charge in [-0.15, -0.1) is 0 Å². The van der Waals surface area contributed by atoms with Gasteiger partial charge in [0.15, 0.2) is 0 Å². The van der Waals surface area contributed by atoms with Gasteiger partial charge in [-0.3, -0.25) is 9.59 Å². The molecule has 31 heavy (non-hydrogen) atoms. The van der Waals surface area contributed by atoms with Crippen molar-refractivity contribution in [3.05, 3.63) is 64.7 Å². The minimum atomic E-state index is 0.116. The van der Waals surface area contributed by atoms with Crippen molar-refractivity contribution in [2.24, 2.45) is 5.92 Å². The number of hydrogen-bond donors (Lipinski definition) is 0. The van der Waals surface area contributed by atoms with Crippen molar-refractivity contribution >= 4 is 11.8 Å². The highest BCUT2D eigenvalue weighted by Gasteiger charge is 2.24. The van der Waals surface area contributed by atoms with Crippen LogP contribution in [0.15, 0.2) is 42.5 Å². The molecule has 2 fully saturated rings. The van der Waals surface area contributed by atoms with E-state index in [2.05, 4.69) is 6.07 Å². The van der Waals surface area contributed by atoms with Crippen LogP contribution in [0.5, 0.6) is 5.75 Å². The molecule has 2 saturated heterocycles. The average Bonchev–Trinajstić information content (AvgIpc) is 3.32. The van der Waals surface area contributed by atoms with Gasteiger partial charge in [-0.05, 0) is 81.8 Å². The molecule has 2 heterocycles. The predicted octanol–water partition coefficient (Wildman–Crippen LogP) is 4.47. The zero-order valence-corrected chi connectivity index (χ0v) is 18.6. The lowest BCUT2D eigenvalue weighted by Crippen LogP contribution is -2.39. The van der Waals surface area contributed by atoms with Gasteiger partial charge < -0.3 is 14.5 Å². The number of carbonyl (C=O) groups is 2. The van der Waals surface area contributed by atoms with E-state index >= 15 is 0 Å². The number of carbonyl (C=O) groups excluding carboxylic acids is 2. The topological polar surface area (TPSA) is 49.9 Å². The second-order valence-corrected chi connectivity index (χ2v) is 8.95. The second kappa shape index (κ2) is 9.54. The summed E-state index contributed by atoms with van der Waals surface area (Å²) >= 11 is 0. The van der Waals surface area contributed by atoms with Gasteiger partial charge in [0, 0.05) is 37.3 Å². The van der Waals surface area contributed by atoms with E-state index in [4.69, 9.17) is 4.74 Å². The molecule has 0 aliphatic carbocycles. The fourth-order valence-corrected chi connectivity index (χ4v) is 4.59. The maximum atomic E-state index is 12.8. The molecule has 0 radical (unpaired) electrons. The first-order chi connectivity index (χ1) is 15.0. The summed E-state index contributed by atoms with van der Waals surface area (Å²) in [5.41, 5.74) is 3.77. The number of nitrogens with zero attached hydrogens (tertiary/aromatic N) is 2. The van der Waals surface area contributed by atoms with Gasteiger partial charge in [-0.2, -0.15) is 0 Å². The van der Waals surface area contributed by atoms with E-state index < -0.39 is 0 Å². The molecule has 0 bridgehead atoms. The van der Waals surface area contributed by atoms with Gasteiger partial charge in [0.2, 0.25) is 0 Å². The molecular weight excluding hydrogens is 388 g/mol. The summed E-state index contributed by atoms with van der Waals surface area (Å²) < 4.78 is 5.99. The first-order valence-corrected chi connectivity index (χ1v) is 11.4. The van der Waals surface area contributed by atoms with E-state index in [0.717, 1.165) is 79.9 Å². The normalized spacial score (nSPS) is 17.1. The molecule has 5 nitrogen and oxygen atoms in total. The molecule has 0 spiro atoms. The van der Waals surface area contributed by atoms with Crippen LogP contribution in [-0.4, -0.2) is 54.4 Å². The second-order valence-electron chi connectivity index (χ2n) is 8.95. The highest BCUT2D eigenvalue weighted by atomic mass is 16.5. The van der Waals surface area contributed by atoms with E-state index in [1.807, 2.05) is 60.0 Å². The maximum absolute atomic E-state index is 12.8. The summed E-state index contributed by atoms with van der Waals surface area (Å²) in [5.74, 6) is 1.48. The number of hydrogen-bond acceptors (Lipinski definition) is 3. The molecule has 2 aromatic rings. The Morgan fingerprint density at radius 3 is 1.97 bits per heavy atom. The van der Waals surface area contributed by atoms with Crippen LogP contribution in [0.25, 0.3) is 0 Å². The lowest BCUT2D eigenvalue weighted by molar-refractivity contribution is 0.0660. The number of rotatable bonds is 5. The third kappa shape index (κ3) is 5.27. The van der Waals surface area contributed by atoms with Gasteiger partial charge >= 0.3 is 0 Å². The molecule has 4 rings (SSSR count). The Hall–Kier alpha value is -2.82. The summed E-state index contributed by atoms with van der Waals surface area (Å²) in [4.78, 5) is 29.2. The fraction of sp³-hybridized carbons (Fsp3) is 0.462. The Morgan fingerprint density at radius 2 is 1.35 bits per heavy atom. The summed E-state index contributed by atoms with van der Waals surface area (Å²) in [5, 5.41) is 0. The van der Waals surface area contributed by atoms with E-state index in [-0.39, 0.29) is 11.8 Å². The summed E-state index contributed by atoms with van der Waals surface area (Å²) in [6.07, 6.45) is 4.09. The van der Waals surface area contributed by atoms with Crippen LogP contribution in [-0.2, 0) is 0 Å². The monoisotopic (exact) mass is 420 g/mol. The Balaban J connectivity index is 1.24. The molecule has 2 aromatic carbocycles. The van der Waals surface area contributed by atoms with Gasteiger partial charge in [0.25, 0.3) is 11.8 Å². The highest BCUT2D eigenvalue weighted by molar-refractivity contribution is 5.95. The van der Waals surface area contributed by atoms with Crippen molar-refractivity contribution in [3.8, 4) is 5.75 Å². The van der Waals surface area contributed by atoms with Crippen molar-refractivity contribution in [1.82, 2.24) is 9.80 Å². The Morgan fingerprint density at radius 1 is 0.806 bits per heavy atom. The molecule has 0 N–H and O–H groups in total. The van der Waals surface area contributed by atoms with Gasteiger partial charge in [-0.1, -0.05) is 17.2 Å². The van der Waals surface area contributed by atoms with E-state index in [1.54, 1.807) is 0 Å². The van der Waals surface area contributed by atoms with Gasteiger partial charge in [-0.25, -0.2) is 0 Å². The lowest BCUT2D eigenvalue weighted by Gasteiger charge is -2.32. The minimum absolute atomic E-state index is 0.116. The minimum Gasteiger partial charge on any atom is -0.493 e. The Bertz CT molecular complexity index is 904. The molecule has 0 saturated carbocycles. The van der Waals surface area contributed by atoms with E-state index in [9.17, 15) is 9.59 Å². The number of aryl methyl sites for hydroxylation is 2. The number of likely N-dealkylation sites (tertiary alicyclic amines) is 2. The summed E-state index contributed by atoms with van der Waals surface area (Å²) in [7, 11) is 0. The van der Waals surface area contributed by atoms with Crippen LogP contribution in [0.1, 0.15) is 57.5 Å². The highest BCUT2D eigenvalue weighted by Crippen LogP contribution is 2.22. The SMILES string of the molecule is Cc1cc(C)cc(C(=O)N2CCC(COc3ccc(C(=O)N4CCCC4)cc3)CC2)c1. The molecular formula is C26H32N2O3. The first-order valence-electron chi connectivity index (χ1n) is 11.4. The van der Waals surface area contributed by atoms with Crippen molar-refractivity contribution in [2.45, 2.75) is 39.5 Å². The van der Waals surface area contributed by atoms with Crippen LogP contribution < -0.4 is 4.74 Å². The number of amides is 2. The lowest BCUT2D eigenvalue weighted by atomic mass is 9.97. The van der Waals surface area contributed by atoms with Crippen molar-refractivity contribution in [1.29, 1.82) is 0 Å². The smallest absolute Gasteiger partial charge is 0.253 e. The summed E-state index contributed by atoms with van der Waals surface area (Å²) in [6.45, 7) is 7.96.